The van der Waals surface area contributed by atoms with Crippen LogP contribution in [0.1, 0.15) is 67.2 Å². The summed E-state index contributed by atoms with van der Waals surface area (Å²) in [5.74, 6) is 0. The summed E-state index contributed by atoms with van der Waals surface area (Å²) < 4.78 is 5.56. The summed E-state index contributed by atoms with van der Waals surface area (Å²) in [7, 11) is 0. The Morgan fingerprint density at radius 2 is 2.05 bits per heavy atom. The van der Waals surface area contributed by atoms with Gasteiger partial charge in [0, 0.05) is 18.6 Å². The number of carbonyl (C=O) groups is 1. The fourth-order valence-corrected chi connectivity index (χ4v) is 2.67. The molecule has 0 aliphatic carbocycles. The Hall–Kier alpha value is -0.770. The van der Waals surface area contributed by atoms with Crippen molar-refractivity contribution in [2.75, 3.05) is 6.54 Å². The number of ether oxygens (including phenoxy) is 1. The Morgan fingerprint density at radius 1 is 1.45 bits per heavy atom. The third-order valence-corrected chi connectivity index (χ3v) is 3.78. The maximum absolute atomic E-state index is 12.4. The van der Waals surface area contributed by atoms with Crippen molar-refractivity contribution < 1.29 is 9.53 Å². The molecule has 0 aromatic rings. The van der Waals surface area contributed by atoms with E-state index in [-0.39, 0.29) is 23.6 Å². The van der Waals surface area contributed by atoms with Crippen LogP contribution in [0.25, 0.3) is 0 Å². The molecule has 0 aromatic carbocycles. The van der Waals surface area contributed by atoms with E-state index < -0.39 is 5.60 Å². The van der Waals surface area contributed by atoms with Crippen molar-refractivity contribution in [3.8, 4) is 0 Å². The average Bonchev–Trinajstić information content (AvgIpc) is 2.23. The highest BCUT2D eigenvalue weighted by molar-refractivity contribution is 5.68. The maximum Gasteiger partial charge on any atom is 0.410 e. The van der Waals surface area contributed by atoms with Crippen molar-refractivity contribution in [1.29, 1.82) is 0 Å². The van der Waals surface area contributed by atoms with Gasteiger partial charge in [0.25, 0.3) is 0 Å². The molecule has 0 saturated carbocycles. The molecule has 1 amide bonds. The molecule has 2 unspecified atom stereocenters. The first-order valence-electron chi connectivity index (χ1n) is 7.75. The third kappa shape index (κ3) is 5.70. The molecular weight excluding hydrogens is 252 g/mol. The van der Waals surface area contributed by atoms with Gasteiger partial charge in [-0.25, -0.2) is 4.79 Å². The van der Waals surface area contributed by atoms with Gasteiger partial charge in [-0.3, -0.25) is 0 Å². The SMILES string of the molecule is CC(N)CCC1CCC(C)(C)CN1C(=O)OC(C)(C)C. The van der Waals surface area contributed by atoms with E-state index >= 15 is 0 Å². The number of hydrogen-bond acceptors (Lipinski definition) is 3. The fourth-order valence-electron chi connectivity index (χ4n) is 2.67. The molecule has 2 N–H and O–H groups in total. The second-order valence-electron chi connectivity index (χ2n) is 8.02. The number of amides is 1. The molecule has 1 aliphatic heterocycles. The van der Waals surface area contributed by atoms with Gasteiger partial charge in [-0.2, -0.15) is 0 Å². The van der Waals surface area contributed by atoms with Crippen LogP contribution in [0.5, 0.6) is 0 Å². The van der Waals surface area contributed by atoms with Gasteiger partial charge in [0.1, 0.15) is 5.60 Å². The number of carbonyl (C=O) groups excluding carboxylic acids is 1. The van der Waals surface area contributed by atoms with Gasteiger partial charge in [-0.1, -0.05) is 13.8 Å². The minimum atomic E-state index is -0.440. The lowest BCUT2D eigenvalue weighted by Crippen LogP contribution is -2.51. The van der Waals surface area contributed by atoms with E-state index in [1.54, 1.807) is 0 Å². The van der Waals surface area contributed by atoms with Crippen molar-refractivity contribution in [2.24, 2.45) is 11.1 Å². The van der Waals surface area contributed by atoms with Crippen molar-refractivity contribution >= 4 is 6.09 Å². The first kappa shape index (κ1) is 17.3. The van der Waals surface area contributed by atoms with Crippen LogP contribution >= 0.6 is 0 Å². The fraction of sp³-hybridized carbons (Fsp3) is 0.938. The quantitative estimate of drug-likeness (QED) is 0.862. The zero-order valence-electron chi connectivity index (χ0n) is 14.0. The molecule has 0 spiro atoms. The summed E-state index contributed by atoms with van der Waals surface area (Å²) in [6.45, 7) is 13.0. The van der Waals surface area contributed by atoms with Crippen LogP contribution in [0.4, 0.5) is 4.79 Å². The van der Waals surface area contributed by atoms with E-state index in [1.807, 2.05) is 32.6 Å². The van der Waals surface area contributed by atoms with Crippen LogP contribution in [-0.2, 0) is 4.74 Å². The van der Waals surface area contributed by atoms with Crippen molar-refractivity contribution in [1.82, 2.24) is 4.90 Å². The van der Waals surface area contributed by atoms with E-state index in [2.05, 4.69) is 13.8 Å². The van der Waals surface area contributed by atoms with Crippen LogP contribution in [0.2, 0.25) is 0 Å². The van der Waals surface area contributed by atoms with E-state index in [0.29, 0.717) is 0 Å². The predicted octanol–water partition coefficient (Wildman–Crippen LogP) is 3.54. The second-order valence-corrected chi connectivity index (χ2v) is 8.02. The highest BCUT2D eigenvalue weighted by Crippen LogP contribution is 2.34. The highest BCUT2D eigenvalue weighted by Gasteiger charge is 2.37. The molecule has 0 bridgehead atoms. The summed E-state index contributed by atoms with van der Waals surface area (Å²) in [5.41, 5.74) is 5.58. The Balaban J connectivity index is 2.74. The lowest BCUT2D eigenvalue weighted by atomic mass is 9.80. The number of piperidine rings is 1. The Kier molecular flexibility index (Phi) is 5.47. The molecule has 20 heavy (non-hydrogen) atoms. The van der Waals surface area contributed by atoms with Crippen LogP contribution < -0.4 is 5.73 Å². The Labute approximate surface area is 124 Å². The normalized spacial score (nSPS) is 24.4. The average molecular weight is 284 g/mol. The van der Waals surface area contributed by atoms with E-state index in [4.69, 9.17) is 10.5 Å². The molecule has 0 aromatic heterocycles. The lowest BCUT2D eigenvalue weighted by Gasteiger charge is -2.44. The minimum Gasteiger partial charge on any atom is -0.444 e. The summed E-state index contributed by atoms with van der Waals surface area (Å²) in [6.07, 6.45) is 3.92. The molecule has 4 heteroatoms. The van der Waals surface area contributed by atoms with Crippen molar-refractivity contribution in [2.45, 2.75) is 84.9 Å². The summed E-state index contributed by atoms with van der Waals surface area (Å²) in [5, 5.41) is 0. The standard InChI is InChI=1S/C16H32N2O2/c1-12(17)7-8-13-9-10-16(5,6)11-18(13)14(19)20-15(2,3)4/h12-13H,7-11,17H2,1-6H3. The molecular formula is C16H32N2O2. The summed E-state index contributed by atoms with van der Waals surface area (Å²) in [4.78, 5) is 14.4. The lowest BCUT2D eigenvalue weighted by molar-refractivity contribution is -0.00918. The number of likely N-dealkylation sites (tertiary alicyclic amines) is 1. The molecule has 2 atom stereocenters. The molecule has 1 saturated heterocycles. The van der Waals surface area contributed by atoms with Gasteiger partial charge in [-0.05, 0) is 58.8 Å². The van der Waals surface area contributed by atoms with Crippen LogP contribution in [-0.4, -0.2) is 35.2 Å². The van der Waals surface area contributed by atoms with Crippen LogP contribution in [0.3, 0.4) is 0 Å². The van der Waals surface area contributed by atoms with E-state index in [0.717, 1.165) is 32.2 Å². The molecule has 0 radical (unpaired) electrons. The van der Waals surface area contributed by atoms with Crippen molar-refractivity contribution in [3.63, 3.8) is 0 Å². The largest absolute Gasteiger partial charge is 0.444 e. The summed E-state index contributed by atoms with van der Waals surface area (Å²) >= 11 is 0. The predicted molar refractivity (Wildman–Crippen MR) is 82.6 cm³/mol. The number of nitrogens with zero attached hydrogens (tertiary/aromatic N) is 1. The first-order valence-corrected chi connectivity index (χ1v) is 7.75. The highest BCUT2D eigenvalue weighted by atomic mass is 16.6. The maximum atomic E-state index is 12.4. The van der Waals surface area contributed by atoms with Gasteiger partial charge >= 0.3 is 6.09 Å². The van der Waals surface area contributed by atoms with Gasteiger partial charge < -0.3 is 15.4 Å². The number of hydrogen-bond donors (Lipinski definition) is 1. The summed E-state index contributed by atoms with van der Waals surface area (Å²) in [6, 6.07) is 0.453. The monoisotopic (exact) mass is 284 g/mol. The smallest absolute Gasteiger partial charge is 0.410 e. The van der Waals surface area contributed by atoms with Gasteiger partial charge in [-0.15, -0.1) is 0 Å². The molecule has 1 aliphatic rings. The van der Waals surface area contributed by atoms with E-state index in [1.165, 1.54) is 0 Å². The number of nitrogens with two attached hydrogens (primary N) is 1. The van der Waals surface area contributed by atoms with E-state index in [9.17, 15) is 4.79 Å². The molecule has 1 heterocycles. The van der Waals surface area contributed by atoms with Gasteiger partial charge in [0.05, 0.1) is 0 Å². The van der Waals surface area contributed by atoms with Gasteiger partial charge in [0.15, 0.2) is 0 Å². The topological polar surface area (TPSA) is 55.6 Å². The zero-order valence-corrected chi connectivity index (χ0v) is 14.0. The molecule has 4 nitrogen and oxygen atoms in total. The van der Waals surface area contributed by atoms with Crippen molar-refractivity contribution in [3.05, 3.63) is 0 Å². The van der Waals surface area contributed by atoms with Crippen LogP contribution in [0, 0.1) is 5.41 Å². The van der Waals surface area contributed by atoms with Crippen LogP contribution in [0.15, 0.2) is 0 Å². The minimum absolute atomic E-state index is 0.168. The molecule has 118 valence electrons. The van der Waals surface area contributed by atoms with Gasteiger partial charge in [0.2, 0.25) is 0 Å². The Bertz CT molecular complexity index is 330. The first-order chi connectivity index (χ1) is 9.00. The third-order valence-electron chi connectivity index (χ3n) is 3.78. The Morgan fingerprint density at radius 3 is 2.55 bits per heavy atom. The molecule has 1 rings (SSSR count). The molecule has 1 fully saturated rings. The zero-order chi connectivity index (χ0) is 15.6. The second kappa shape index (κ2) is 6.33. The number of rotatable bonds is 3.